The van der Waals surface area contributed by atoms with Crippen molar-refractivity contribution in [3.8, 4) is 0 Å². The van der Waals surface area contributed by atoms with Crippen molar-refractivity contribution in [1.82, 2.24) is 0 Å². The zero-order valence-corrected chi connectivity index (χ0v) is 19.8. The number of ether oxygens (including phenoxy) is 1. The van der Waals surface area contributed by atoms with Gasteiger partial charge in [0.25, 0.3) is 0 Å². The van der Waals surface area contributed by atoms with Gasteiger partial charge in [-0.05, 0) is 48.5 Å². The summed E-state index contributed by atoms with van der Waals surface area (Å²) in [6, 6.07) is 0. The molecular formula is C22H38O12. The van der Waals surface area contributed by atoms with Crippen molar-refractivity contribution in [2.75, 3.05) is 59.5 Å². The first kappa shape index (κ1) is 53.5. The predicted molar refractivity (Wildman–Crippen MR) is 120 cm³/mol. The molecule has 34 heavy (non-hydrogen) atoms. The maximum Gasteiger partial charge on any atom is 0.365 e. The molecule has 0 aromatic heterocycles. The third kappa shape index (κ3) is 250. The van der Waals surface area contributed by atoms with Gasteiger partial charge in [-0.25, -0.2) is 45.3 Å². The van der Waals surface area contributed by atoms with Gasteiger partial charge >= 0.3 is 11.9 Å². The highest BCUT2D eigenvalue weighted by Crippen LogP contribution is 1.84. The molecule has 12 nitrogen and oxygen atoms in total. The van der Waals surface area contributed by atoms with Crippen molar-refractivity contribution in [3.63, 3.8) is 0 Å². The normalized spacial score (nSPS) is 7.00. The summed E-state index contributed by atoms with van der Waals surface area (Å²) in [5.74, 6) is -1.26. The highest BCUT2D eigenvalue weighted by molar-refractivity contribution is 5.81. The van der Waals surface area contributed by atoms with Crippen LogP contribution < -0.4 is 0 Å². The lowest BCUT2D eigenvalue weighted by atomic mass is 10.6. The number of rotatable bonds is 6. The van der Waals surface area contributed by atoms with Gasteiger partial charge in [0.1, 0.15) is 13.2 Å². The summed E-state index contributed by atoms with van der Waals surface area (Å²) in [5, 5.41) is 61.7. The standard InChI is InChI=1S/C8H10O5.7C2H4O/c1-3-7(9)11-5-6-12-13-8(10)4-2;7*1-2-3/h3-4H,1-2,5-6H2;7*1-2H2. The zero-order chi connectivity index (χ0) is 29.1. The van der Waals surface area contributed by atoms with E-state index in [4.69, 9.17) is 35.7 Å². The Morgan fingerprint density at radius 2 is 0.735 bits per heavy atom. The smallest absolute Gasteiger partial charge is 0.365 e. The van der Waals surface area contributed by atoms with E-state index < -0.39 is 11.9 Å². The molecule has 0 amide bonds. The van der Waals surface area contributed by atoms with Crippen molar-refractivity contribution in [2.24, 2.45) is 0 Å². The van der Waals surface area contributed by atoms with Crippen LogP contribution in [-0.4, -0.2) is 71.4 Å². The minimum atomic E-state index is -0.699. The van der Waals surface area contributed by atoms with Gasteiger partial charge in [-0.1, -0.05) is 13.2 Å². The van der Waals surface area contributed by atoms with Crippen molar-refractivity contribution >= 4 is 11.9 Å². The number of esters is 1. The fourth-order valence-electron chi connectivity index (χ4n) is 0.369. The summed E-state index contributed by atoms with van der Waals surface area (Å²) >= 11 is 0. The number of carbonyl (C=O) groups is 2. The van der Waals surface area contributed by atoms with Crippen LogP contribution in [0.2, 0.25) is 0 Å². The zero-order valence-electron chi connectivity index (χ0n) is 19.8. The highest BCUT2D eigenvalue weighted by atomic mass is 17.2. The molecule has 12 heteroatoms. The van der Waals surface area contributed by atoms with Crippen molar-refractivity contribution in [1.29, 1.82) is 0 Å². The molecule has 14 radical (unpaired) electrons. The van der Waals surface area contributed by atoms with Crippen molar-refractivity contribution in [2.45, 2.75) is 0 Å². The molecule has 0 N–H and O–H groups in total. The number of carbonyl (C=O) groups excluding carboxylic acids is 2. The average molecular weight is 495 g/mol. The Morgan fingerprint density at radius 1 is 0.500 bits per heavy atom. The van der Waals surface area contributed by atoms with Gasteiger partial charge in [-0.2, -0.15) is 4.89 Å². The van der Waals surface area contributed by atoms with E-state index in [0.717, 1.165) is 12.2 Å². The SMILES string of the molecule is C=CC(=O)OCCOOC(=O)C=C.[CH2]C[O].[CH2]C[O].[CH2]C[O].[CH2]C[O].[CH2]C[O].[CH2]C[O].[CH2]C[O]. The summed E-state index contributed by atoms with van der Waals surface area (Å²) in [4.78, 5) is 29.3. The molecule has 0 saturated carbocycles. The van der Waals surface area contributed by atoms with E-state index in [0.29, 0.717) is 0 Å². The van der Waals surface area contributed by atoms with Crippen LogP contribution in [0.1, 0.15) is 0 Å². The van der Waals surface area contributed by atoms with Crippen LogP contribution in [0.5, 0.6) is 0 Å². The molecule has 0 fully saturated rings. The third-order valence-corrected chi connectivity index (χ3v) is 0.885. The van der Waals surface area contributed by atoms with Gasteiger partial charge in [0.2, 0.25) is 0 Å². The summed E-state index contributed by atoms with van der Waals surface area (Å²) in [6.45, 7) is 25.1. The minimum Gasteiger partial charge on any atom is -0.460 e. The Labute approximate surface area is 205 Å². The maximum atomic E-state index is 10.4. The van der Waals surface area contributed by atoms with E-state index in [2.05, 4.69) is 76.1 Å². The molecule has 0 aliphatic carbocycles. The highest BCUT2D eigenvalue weighted by Gasteiger charge is 1.98. The van der Waals surface area contributed by atoms with Gasteiger partial charge in [0.15, 0.2) is 0 Å². The number of hydrogen-bond acceptors (Lipinski definition) is 5. The first-order valence-corrected chi connectivity index (χ1v) is 8.98. The maximum absolute atomic E-state index is 10.4. The Kier molecular flexibility index (Phi) is 135. The molecule has 0 aromatic carbocycles. The quantitative estimate of drug-likeness (QED) is 0.178. The van der Waals surface area contributed by atoms with E-state index in [1.807, 2.05) is 0 Å². The molecule has 0 spiro atoms. The van der Waals surface area contributed by atoms with E-state index >= 15 is 0 Å². The van der Waals surface area contributed by atoms with Crippen molar-refractivity contribution in [3.05, 3.63) is 73.8 Å². The average Bonchev–Trinajstić information content (AvgIpc) is 2.77. The molecule has 0 rings (SSSR count). The van der Waals surface area contributed by atoms with Gasteiger partial charge in [-0.15, -0.1) is 0 Å². The van der Waals surface area contributed by atoms with Crippen LogP contribution in [0.4, 0.5) is 0 Å². The Hall–Kier alpha value is -1.90. The van der Waals surface area contributed by atoms with Gasteiger partial charge in [-0.3, -0.25) is 4.89 Å². The molecule has 0 heterocycles. The summed E-state index contributed by atoms with van der Waals surface area (Å²) < 4.78 is 4.51. The largest absolute Gasteiger partial charge is 0.460 e. The summed E-state index contributed by atoms with van der Waals surface area (Å²) in [6.07, 6.45) is 1.98. The molecule has 0 aliphatic heterocycles. The van der Waals surface area contributed by atoms with E-state index in [-0.39, 0.29) is 59.5 Å². The topological polar surface area (TPSA) is 201 Å². The molecule has 0 atom stereocenters. The first-order chi connectivity index (χ1) is 16.1. The fraction of sp³-hybridized carbons (Fsp3) is 0.409. The van der Waals surface area contributed by atoms with Crippen LogP contribution in [0.3, 0.4) is 0 Å². The minimum absolute atomic E-state index is 0.00469. The summed E-state index contributed by atoms with van der Waals surface area (Å²) in [5.41, 5.74) is 0. The van der Waals surface area contributed by atoms with E-state index in [9.17, 15) is 9.59 Å². The fourth-order valence-corrected chi connectivity index (χ4v) is 0.369. The molecule has 0 bridgehead atoms. The lowest BCUT2D eigenvalue weighted by molar-refractivity contribution is -0.270. The number of hydrogen-bond donors (Lipinski definition) is 0. The molecule has 0 aliphatic rings. The second-order valence-corrected chi connectivity index (χ2v) is 3.23. The second kappa shape index (κ2) is 86.0. The molecular weight excluding hydrogens is 456 g/mol. The first-order valence-electron chi connectivity index (χ1n) is 8.98. The van der Waals surface area contributed by atoms with Gasteiger partial charge in [0.05, 0.1) is 46.2 Å². The summed E-state index contributed by atoms with van der Waals surface area (Å²) in [7, 11) is 0. The lowest BCUT2D eigenvalue weighted by Crippen LogP contribution is -2.10. The molecule has 0 unspecified atom stereocenters. The van der Waals surface area contributed by atoms with Gasteiger partial charge < -0.3 is 4.74 Å². The van der Waals surface area contributed by atoms with Crippen LogP contribution >= 0.6 is 0 Å². The van der Waals surface area contributed by atoms with Crippen LogP contribution in [0.25, 0.3) is 0 Å². The third-order valence-electron chi connectivity index (χ3n) is 0.885. The molecule has 0 saturated heterocycles. The Balaban J connectivity index is -0.0000000443. The van der Waals surface area contributed by atoms with E-state index in [1.54, 1.807) is 0 Å². The molecule has 0 aromatic rings. The predicted octanol–water partition coefficient (Wildman–Crippen LogP) is 2.13. The van der Waals surface area contributed by atoms with Crippen LogP contribution in [0, 0.1) is 48.5 Å². The van der Waals surface area contributed by atoms with Gasteiger partial charge in [0, 0.05) is 12.2 Å². The lowest BCUT2D eigenvalue weighted by Gasteiger charge is -2.01. The second-order valence-electron chi connectivity index (χ2n) is 3.23. The Morgan fingerprint density at radius 3 is 0.941 bits per heavy atom. The van der Waals surface area contributed by atoms with E-state index in [1.165, 1.54) is 0 Å². The molecule has 198 valence electrons. The van der Waals surface area contributed by atoms with Crippen molar-refractivity contribution < 1.29 is 59.8 Å². The monoisotopic (exact) mass is 494 g/mol. The van der Waals surface area contributed by atoms with Crippen LogP contribution in [-0.2, 0) is 59.8 Å². The van der Waals surface area contributed by atoms with Crippen LogP contribution in [0.15, 0.2) is 25.3 Å². The Bertz CT molecular complexity index is 273.